The molecular weight excluding hydrogens is 270 g/mol. The molecule has 0 saturated heterocycles. The highest BCUT2D eigenvalue weighted by Gasteiger charge is 2.14. The zero-order chi connectivity index (χ0) is 14.7. The fraction of sp³-hybridized carbons (Fsp3) is 0.357. The van der Waals surface area contributed by atoms with Crippen LogP contribution in [0, 0.1) is 0 Å². The van der Waals surface area contributed by atoms with Crippen molar-refractivity contribution in [2.75, 3.05) is 17.2 Å². The minimum atomic E-state index is 0.0484. The number of hydrogen-bond donors (Lipinski definition) is 3. The summed E-state index contributed by atoms with van der Waals surface area (Å²) < 4.78 is 1.61. The van der Waals surface area contributed by atoms with Gasteiger partial charge in [-0.1, -0.05) is 5.21 Å². The lowest BCUT2D eigenvalue weighted by atomic mass is 10.0. The lowest BCUT2D eigenvalue weighted by molar-refractivity contribution is -0.116. The Morgan fingerprint density at radius 2 is 2.29 bits per heavy atom. The molecule has 7 nitrogen and oxygen atoms in total. The Labute approximate surface area is 122 Å². The number of nitrogens with zero attached hydrogens (tertiary/aromatic N) is 3. The van der Waals surface area contributed by atoms with Gasteiger partial charge in [0.05, 0.1) is 25.9 Å². The van der Waals surface area contributed by atoms with Gasteiger partial charge in [0, 0.05) is 17.8 Å². The molecule has 1 aromatic carbocycles. The average molecular weight is 287 g/mol. The highest BCUT2D eigenvalue weighted by molar-refractivity contribution is 5.94. The van der Waals surface area contributed by atoms with Gasteiger partial charge in [0.25, 0.3) is 0 Å². The number of rotatable bonds is 5. The molecule has 2 heterocycles. The van der Waals surface area contributed by atoms with Crippen LogP contribution in [0.1, 0.15) is 17.7 Å². The molecule has 0 aliphatic carbocycles. The van der Waals surface area contributed by atoms with E-state index in [2.05, 4.69) is 20.9 Å². The molecule has 3 rings (SSSR count). The van der Waals surface area contributed by atoms with Crippen LogP contribution in [0.25, 0.3) is 0 Å². The number of benzene rings is 1. The minimum absolute atomic E-state index is 0.0484. The molecular formula is C14H17N5O2. The molecule has 0 unspecified atom stereocenters. The summed E-state index contributed by atoms with van der Waals surface area (Å²) in [5, 5.41) is 22.9. The van der Waals surface area contributed by atoms with Crippen molar-refractivity contribution in [2.45, 2.75) is 25.9 Å². The molecule has 7 heteroatoms. The number of amides is 1. The van der Waals surface area contributed by atoms with E-state index in [1.807, 2.05) is 24.4 Å². The number of aliphatic hydroxyl groups excluding tert-OH is 1. The molecule has 0 saturated carbocycles. The third-order valence-corrected chi connectivity index (χ3v) is 3.39. The number of anilines is 2. The van der Waals surface area contributed by atoms with Gasteiger partial charge in [0.1, 0.15) is 5.69 Å². The predicted octanol–water partition coefficient (Wildman–Crippen LogP) is 0.767. The summed E-state index contributed by atoms with van der Waals surface area (Å²) in [6.07, 6.45) is 3.11. The first-order valence-electron chi connectivity index (χ1n) is 6.91. The van der Waals surface area contributed by atoms with E-state index in [-0.39, 0.29) is 12.5 Å². The van der Waals surface area contributed by atoms with Crippen molar-refractivity contribution >= 4 is 17.3 Å². The van der Waals surface area contributed by atoms with Crippen LogP contribution in [-0.4, -0.2) is 32.6 Å². The molecule has 1 aliphatic heterocycles. The van der Waals surface area contributed by atoms with Crippen molar-refractivity contribution in [3.63, 3.8) is 0 Å². The topological polar surface area (TPSA) is 92.1 Å². The smallest absolute Gasteiger partial charge is 0.224 e. The van der Waals surface area contributed by atoms with Gasteiger partial charge < -0.3 is 15.7 Å². The van der Waals surface area contributed by atoms with E-state index >= 15 is 0 Å². The number of hydrogen-bond acceptors (Lipinski definition) is 5. The number of aryl methyl sites for hydroxylation is 1. The fourth-order valence-corrected chi connectivity index (χ4v) is 2.32. The van der Waals surface area contributed by atoms with Gasteiger partial charge in [-0.05, 0) is 30.2 Å². The summed E-state index contributed by atoms with van der Waals surface area (Å²) in [5.74, 6) is 0.0729. The monoisotopic (exact) mass is 287 g/mol. The zero-order valence-electron chi connectivity index (χ0n) is 11.5. The SMILES string of the molecule is O=C1CCc2cc(NCc3cn(CCO)nn3)ccc2N1. The largest absolute Gasteiger partial charge is 0.394 e. The first kappa shape index (κ1) is 13.6. The first-order chi connectivity index (χ1) is 10.2. The van der Waals surface area contributed by atoms with Gasteiger partial charge >= 0.3 is 0 Å². The van der Waals surface area contributed by atoms with Crippen LogP contribution in [0.15, 0.2) is 24.4 Å². The summed E-state index contributed by atoms with van der Waals surface area (Å²) in [6.45, 7) is 1.06. The minimum Gasteiger partial charge on any atom is -0.394 e. The molecule has 0 spiro atoms. The highest BCUT2D eigenvalue weighted by atomic mass is 16.3. The maximum atomic E-state index is 11.3. The van der Waals surface area contributed by atoms with Crippen LogP contribution < -0.4 is 10.6 Å². The Hall–Kier alpha value is -2.41. The highest BCUT2D eigenvalue weighted by Crippen LogP contribution is 2.25. The van der Waals surface area contributed by atoms with Crippen molar-refractivity contribution in [2.24, 2.45) is 0 Å². The van der Waals surface area contributed by atoms with E-state index in [9.17, 15) is 4.79 Å². The summed E-state index contributed by atoms with van der Waals surface area (Å²) in [5.41, 5.74) is 3.84. The van der Waals surface area contributed by atoms with Gasteiger partial charge in [0.15, 0.2) is 0 Å². The van der Waals surface area contributed by atoms with Gasteiger partial charge in [-0.15, -0.1) is 5.10 Å². The van der Waals surface area contributed by atoms with Gasteiger partial charge in [0.2, 0.25) is 5.91 Å². The van der Waals surface area contributed by atoms with Crippen LogP contribution in [-0.2, 0) is 24.3 Å². The van der Waals surface area contributed by atoms with Gasteiger partial charge in [-0.25, -0.2) is 4.68 Å². The van der Waals surface area contributed by atoms with Gasteiger partial charge in [-0.2, -0.15) is 0 Å². The number of fused-ring (bicyclic) bond motifs is 1. The molecule has 2 aromatic rings. The Kier molecular flexibility index (Phi) is 3.83. The van der Waals surface area contributed by atoms with Crippen LogP contribution in [0.2, 0.25) is 0 Å². The average Bonchev–Trinajstić information content (AvgIpc) is 2.93. The van der Waals surface area contributed by atoms with E-state index in [0.717, 1.165) is 29.1 Å². The summed E-state index contributed by atoms with van der Waals surface area (Å²) in [4.78, 5) is 11.3. The van der Waals surface area contributed by atoms with Crippen molar-refractivity contribution in [1.29, 1.82) is 0 Å². The number of aromatic nitrogens is 3. The summed E-state index contributed by atoms with van der Waals surface area (Å²) >= 11 is 0. The van der Waals surface area contributed by atoms with Crippen molar-refractivity contribution in [1.82, 2.24) is 15.0 Å². The van der Waals surface area contributed by atoms with Crippen LogP contribution in [0.4, 0.5) is 11.4 Å². The van der Waals surface area contributed by atoms with E-state index in [1.165, 1.54) is 0 Å². The molecule has 0 atom stereocenters. The van der Waals surface area contributed by atoms with Crippen molar-refractivity contribution < 1.29 is 9.90 Å². The summed E-state index contributed by atoms with van der Waals surface area (Å²) in [7, 11) is 0. The van der Waals surface area contributed by atoms with Crippen molar-refractivity contribution in [3.05, 3.63) is 35.7 Å². The van der Waals surface area contributed by atoms with E-state index in [4.69, 9.17) is 5.11 Å². The maximum Gasteiger partial charge on any atom is 0.224 e. The Morgan fingerprint density at radius 3 is 3.14 bits per heavy atom. The van der Waals surface area contributed by atoms with E-state index < -0.39 is 0 Å². The quantitative estimate of drug-likeness (QED) is 0.755. The lowest BCUT2D eigenvalue weighted by Crippen LogP contribution is -2.18. The zero-order valence-corrected chi connectivity index (χ0v) is 11.5. The Balaban J connectivity index is 1.63. The van der Waals surface area contributed by atoms with Crippen LogP contribution in [0.5, 0.6) is 0 Å². The second-order valence-corrected chi connectivity index (χ2v) is 4.97. The number of nitrogens with one attached hydrogen (secondary N) is 2. The van der Waals surface area contributed by atoms with Gasteiger partial charge in [-0.3, -0.25) is 4.79 Å². The molecule has 0 bridgehead atoms. The molecule has 1 amide bonds. The molecule has 1 aromatic heterocycles. The number of carbonyl (C=O) groups excluding carboxylic acids is 1. The summed E-state index contributed by atoms with van der Waals surface area (Å²) in [6, 6.07) is 5.90. The molecule has 3 N–H and O–H groups in total. The van der Waals surface area contributed by atoms with Crippen LogP contribution >= 0.6 is 0 Å². The molecule has 0 radical (unpaired) electrons. The third-order valence-electron chi connectivity index (χ3n) is 3.39. The maximum absolute atomic E-state index is 11.3. The second kappa shape index (κ2) is 5.92. The van der Waals surface area contributed by atoms with Crippen molar-refractivity contribution in [3.8, 4) is 0 Å². The first-order valence-corrected chi connectivity index (χ1v) is 6.91. The molecule has 110 valence electrons. The molecule has 21 heavy (non-hydrogen) atoms. The number of carbonyl (C=O) groups is 1. The molecule has 1 aliphatic rings. The lowest BCUT2D eigenvalue weighted by Gasteiger charge is -2.17. The Bertz CT molecular complexity index is 653. The third kappa shape index (κ3) is 3.19. The van der Waals surface area contributed by atoms with Crippen LogP contribution in [0.3, 0.4) is 0 Å². The normalized spacial score (nSPS) is 13.7. The molecule has 0 fully saturated rings. The number of aliphatic hydroxyl groups is 1. The standard InChI is InChI=1S/C14H17N5O2/c20-6-5-19-9-12(17-18-19)8-15-11-2-3-13-10(7-11)1-4-14(21)16-13/h2-3,7,9,15,20H,1,4-6,8H2,(H,16,21). The Morgan fingerprint density at radius 1 is 1.38 bits per heavy atom. The van der Waals surface area contributed by atoms with E-state index in [0.29, 0.717) is 19.5 Å². The fourth-order valence-electron chi connectivity index (χ4n) is 2.32. The predicted molar refractivity (Wildman–Crippen MR) is 77.8 cm³/mol. The van der Waals surface area contributed by atoms with E-state index in [1.54, 1.807) is 4.68 Å². The second-order valence-electron chi connectivity index (χ2n) is 4.97.